The fourth-order valence-corrected chi connectivity index (χ4v) is 6.47. The van der Waals surface area contributed by atoms with Crippen molar-refractivity contribution in [3.05, 3.63) is 119 Å². The van der Waals surface area contributed by atoms with Crippen LogP contribution < -0.4 is 11.1 Å². The highest BCUT2D eigenvalue weighted by Crippen LogP contribution is 2.26. The molecule has 1 aromatic heterocycles. The van der Waals surface area contributed by atoms with Gasteiger partial charge in [-0.15, -0.1) is 0 Å². The average molecular weight is 667 g/mol. The van der Waals surface area contributed by atoms with Gasteiger partial charge in [0.25, 0.3) is 5.91 Å². The zero-order chi connectivity index (χ0) is 34.2. The second-order valence-corrected chi connectivity index (χ2v) is 12.3. The van der Waals surface area contributed by atoms with E-state index in [4.69, 9.17) is 17.3 Å². The number of carboxylic acids is 1. The lowest BCUT2D eigenvalue weighted by Gasteiger charge is -2.34. The summed E-state index contributed by atoms with van der Waals surface area (Å²) in [4.78, 5) is 53.5. The van der Waals surface area contributed by atoms with Gasteiger partial charge >= 0.3 is 5.97 Å². The minimum absolute atomic E-state index is 0.0717. The van der Waals surface area contributed by atoms with E-state index < -0.39 is 35.8 Å². The number of aromatic nitrogens is 1. The molecule has 1 heterocycles. The number of halogens is 1. The lowest BCUT2D eigenvalue weighted by atomic mass is 9.97. The Morgan fingerprint density at radius 2 is 1.65 bits per heavy atom. The molecule has 0 aliphatic carbocycles. The molecule has 48 heavy (non-hydrogen) atoms. The van der Waals surface area contributed by atoms with E-state index in [1.54, 1.807) is 11.1 Å². The number of nitrogens with one attached hydrogen (secondary N) is 1. The third-order valence-electron chi connectivity index (χ3n) is 8.61. The normalized spacial score (nSPS) is 12.5. The van der Waals surface area contributed by atoms with Gasteiger partial charge in [-0.25, -0.2) is 0 Å². The minimum Gasteiger partial charge on any atom is -0.481 e. The van der Waals surface area contributed by atoms with Gasteiger partial charge in [0.2, 0.25) is 11.8 Å². The van der Waals surface area contributed by atoms with Gasteiger partial charge in [0, 0.05) is 54.1 Å². The molecule has 10 heteroatoms. The van der Waals surface area contributed by atoms with Crippen LogP contribution in [0.5, 0.6) is 0 Å². The van der Waals surface area contributed by atoms with Crippen molar-refractivity contribution >= 4 is 57.0 Å². The molecule has 0 spiro atoms. The van der Waals surface area contributed by atoms with E-state index in [2.05, 4.69) is 5.32 Å². The molecular weight excluding hydrogens is 628 g/mol. The molecule has 0 fully saturated rings. The maximum Gasteiger partial charge on any atom is 0.303 e. The van der Waals surface area contributed by atoms with E-state index in [1.165, 1.54) is 0 Å². The molecule has 5 aromatic rings. The first-order valence-electron chi connectivity index (χ1n) is 16.0. The molecule has 2 unspecified atom stereocenters. The number of amides is 3. The number of rotatable bonds is 15. The quantitative estimate of drug-likeness (QED) is 0.123. The Morgan fingerprint density at radius 3 is 2.38 bits per heavy atom. The van der Waals surface area contributed by atoms with Crippen molar-refractivity contribution in [2.45, 2.75) is 57.7 Å². The molecule has 248 valence electrons. The van der Waals surface area contributed by atoms with E-state index in [9.17, 15) is 24.3 Å². The van der Waals surface area contributed by atoms with Gasteiger partial charge in [-0.2, -0.15) is 0 Å². The molecule has 0 saturated heterocycles. The maximum absolute atomic E-state index is 14.3. The molecule has 4 aromatic carbocycles. The highest BCUT2D eigenvalue weighted by atomic mass is 35.5. The SMILES string of the molecule is CCN(C(=O)C(CCCC(=O)O)NC(=O)c1cn(Cc2ccccc2Cl)c2ccccc12)C(CC(N)=O)Cc1ccc2ccccc2c1. The number of nitrogens with zero attached hydrogens (tertiary/aromatic N) is 2. The molecule has 5 rings (SSSR count). The summed E-state index contributed by atoms with van der Waals surface area (Å²) in [6.45, 7) is 2.50. The van der Waals surface area contributed by atoms with Crippen LogP contribution in [0, 0.1) is 0 Å². The lowest BCUT2D eigenvalue weighted by Crippen LogP contribution is -2.53. The van der Waals surface area contributed by atoms with Crippen molar-refractivity contribution in [3.8, 4) is 0 Å². The largest absolute Gasteiger partial charge is 0.481 e. The number of hydrogen-bond acceptors (Lipinski definition) is 4. The van der Waals surface area contributed by atoms with Crippen LogP contribution in [0.2, 0.25) is 5.02 Å². The second-order valence-electron chi connectivity index (χ2n) is 11.9. The highest BCUT2D eigenvalue weighted by Gasteiger charge is 2.32. The van der Waals surface area contributed by atoms with Crippen LogP contribution in [0.4, 0.5) is 0 Å². The van der Waals surface area contributed by atoms with Gasteiger partial charge < -0.3 is 25.6 Å². The third kappa shape index (κ3) is 8.22. The molecule has 3 amide bonds. The van der Waals surface area contributed by atoms with Crippen molar-refractivity contribution in [1.82, 2.24) is 14.8 Å². The standard InChI is InChI=1S/C38H39ClN4O5/c1-2-43(29(22-35(40)44)21-25-18-19-26-10-3-4-11-27(26)20-25)38(48)33(15-9-17-36(45)46)41-37(47)31-24-42(34-16-8-6-13-30(31)34)23-28-12-5-7-14-32(28)39/h3-8,10-14,16,18-20,24,29,33H,2,9,15,17,21-23H2,1H3,(H2,40,44)(H,41,47)(H,45,46). The van der Waals surface area contributed by atoms with Gasteiger partial charge in [0.05, 0.1) is 5.56 Å². The topological polar surface area (TPSA) is 135 Å². The first kappa shape index (κ1) is 34.2. The predicted molar refractivity (Wildman–Crippen MR) is 188 cm³/mol. The maximum atomic E-state index is 14.3. The Balaban J connectivity index is 1.43. The summed E-state index contributed by atoms with van der Waals surface area (Å²) < 4.78 is 1.94. The smallest absolute Gasteiger partial charge is 0.303 e. The molecule has 4 N–H and O–H groups in total. The molecule has 0 radical (unpaired) electrons. The molecule has 0 aliphatic rings. The summed E-state index contributed by atoms with van der Waals surface area (Å²) in [5.41, 5.74) is 8.70. The number of primary amides is 1. The monoisotopic (exact) mass is 666 g/mol. The lowest BCUT2D eigenvalue weighted by molar-refractivity contribution is -0.139. The van der Waals surface area contributed by atoms with Crippen molar-refractivity contribution in [3.63, 3.8) is 0 Å². The number of fused-ring (bicyclic) bond motifs is 2. The number of para-hydroxylation sites is 1. The van der Waals surface area contributed by atoms with Crippen LogP contribution in [0.1, 0.15) is 54.1 Å². The zero-order valence-electron chi connectivity index (χ0n) is 26.8. The number of carbonyl (C=O) groups excluding carboxylic acids is 3. The average Bonchev–Trinajstić information content (AvgIpc) is 3.43. The number of carbonyl (C=O) groups is 4. The molecule has 2 atom stereocenters. The summed E-state index contributed by atoms with van der Waals surface area (Å²) in [7, 11) is 0. The molecule has 0 saturated carbocycles. The Morgan fingerprint density at radius 1 is 0.938 bits per heavy atom. The summed E-state index contributed by atoms with van der Waals surface area (Å²) in [6.07, 6.45) is 2.16. The fraction of sp³-hybridized carbons (Fsp3) is 0.263. The number of benzene rings is 4. The van der Waals surface area contributed by atoms with Crippen molar-refractivity contribution in [1.29, 1.82) is 0 Å². The van der Waals surface area contributed by atoms with Crippen molar-refractivity contribution in [2.75, 3.05) is 6.54 Å². The summed E-state index contributed by atoms with van der Waals surface area (Å²) >= 11 is 6.44. The van der Waals surface area contributed by atoms with Gasteiger partial charge in [-0.1, -0.05) is 90.5 Å². The fourth-order valence-electron chi connectivity index (χ4n) is 6.28. The second kappa shape index (κ2) is 15.6. The van der Waals surface area contributed by atoms with Gasteiger partial charge in [0.15, 0.2) is 0 Å². The Kier molecular flexibility index (Phi) is 11.1. The van der Waals surface area contributed by atoms with Gasteiger partial charge in [-0.05, 0) is 60.2 Å². The third-order valence-corrected chi connectivity index (χ3v) is 8.97. The predicted octanol–water partition coefficient (Wildman–Crippen LogP) is 6.18. The Bertz CT molecular complexity index is 1950. The zero-order valence-corrected chi connectivity index (χ0v) is 27.5. The summed E-state index contributed by atoms with van der Waals surface area (Å²) in [5.74, 6) is -2.41. The first-order valence-corrected chi connectivity index (χ1v) is 16.4. The van der Waals surface area contributed by atoms with E-state index in [1.807, 2.05) is 102 Å². The van der Waals surface area contributed by atoms with Crippen molar-refractivity contribution < 1.29 is 24.3 Å². The highest BCUT2D eigenvalue weighted by molar-refractivity contribution is 6.31. The van der Waals surface area contributed by atoms with Crippen LogP contribution in [0.3, 0.4) is 0 Å². The van der Waals surface area contributed by atoms with E-state index in [0.717, 1.165) is 27.4 Å². The Hall–Kier alpha value is -5.15. The van der Waals surface area contributed by atoms with E-state index >= 15 is 0 Å². The van der Waals surface area contributed by atoms with Crippen LogP contribution in [-0.4, -0.2) is 56.9 Å². The van der Waals surface area contributed by atoms with Crippen LogP contribution in [0.25, 0.3) is 21.7 Å². The number of likely N-dealkylation sites (N-methyl/N-ethyl adjacent to an activating group) is 1. The number of hydrogen-bond donors (Lipinski definition) is 3. The summed E-state index contributed by atoms with van der Waals surface area (Å²) in [5, 5.41) is 15.7. The van der Waals surface area contributed by atoms with E-state index in [0.29, 0.717) is 28.9 Å². The summed E-state index contributed by atoms with van der Waals surface area (Å²) in [6, 6.07) is 27.3. The molecule has 9 nitrogen and oxygen atoms in total. The van der Waals surface area contributed by atoms with Crippen molar-refractivity contribution in [2.24, 2.45) is 5.73 Å². The van der Waals surface area contributed by atoms with Crippen LogP contribution in [-0.2, 0) is 27.3 Å². The molecular formula is C38H39ClN4O5. The first-order chi connectivity index (χ1) is 23.1. The molecule has 0 bridgehead atoms. The number of aliphatic carboxylic acids is 1. The number of nitrogens with two attached hydrogens (primary N) is 1. The van der Waals surface area contributed by atoms with Crippen LogP contribution >= 0.6 is 11.6 Å². The van der Waals surface area contributed by atoms with E-state index in [-0.39, 0.29) is 32.2 Å². The van der Waals surface area contributed by atoms with Crippen LogP contribution in [0.15, 0.2) is 97.2 Å². The molecule has 0 aliphatic heterocycles. The Labute approximate surface area is 284 Å². The minimum atomic E-state index is -1.03. The van der Waals surface area contributed by atoms with Gasteiger partial charge in [-0.3, -0.25) is 19.2 Å². The van der Waals surface area contributed by atoms with Gasteiger partial charge in [0.1, 0.15) is 6.04 Å². The number of carboxylic acid groups (broad SMARTS) is 1.